The lowest BCUT2D eigenvalue weighted by molar-refractivity contribution is 0.232. The molecule has 1 aliphatic heterocycles. The Labute approximate surface area is 102 Å². The van der Waals surface area contributed by atoms with Gasteiger partial charge in [0.2, 0.25) is 5.95 Å². The lowest BCUT2D eigenvalue weighted by Crippen LogP contribution is -2.50. The summed E-state index contributed by atoms with van der Waals surface area (Å²) >= 11 is 0. The van der Waals surface area contributed by atoms with Crippen LogP contribution in [0.2, 0.25) is 0 Å². The maximum Gasteiger partial charge on any atom is 0.225 e. The normalized spacial score (nSPS) is 21.9. The van der Waals surface area contributed by atoms with Crippen LogP contribution < -0.4 is 4.90 Å². The summed E-state index contributed by atoms with van der Waals surface area (Å²) < 4.78 is 0. The van der Waals surface area contributed by atoms with E-state index in [0.717, 1.165) is 36.8 Å². The van der Waals surface area contributed by atoms with E-state index in [9.17, 15) is 0 Å². The van der Waals surface area contributed by atoms with E-state index in [1.54, 1.807) is 6.20 Å². The van der Waals surface area contributed by atoms with Crippen LogP contribution in [-0.4, -0.2) is 52.7 Å². The molecule has 2 heterocycles. The highest BCUT2D eigenvalue weighted by molar-refractivity contribution is 5.33. The van der Waals surface area contributed by atoms with Gasteiger partial charge in [0.15, 0.2) is 0 Å². The molecule has 94 valence electrons. The number of rotatable bonds is 2. The van der Waals surface area contributed by atoms with Crippen LogP contribution in [0.1, 0.15) is 18.2 Å². The molecule has 0 aromatic carbocycles. The monoisotopic (exact) mass is 236 g/mol. The van der Waals surface area contributed by atoms with Crippen molar-refractivity contribution in [2.75, 3.05) is 31.6 Å². The van der Waals surface area contributed by atoms with E-state index in [1.165, 1.54) is 0 Å². The second-order valence-corrected chi connectivity index (χ2v) is 4.71. The van der Waals surface area contributed by atoms with E-state index in [1.807, 2.05) is 6.92 Å². The topological polar surface area (TPSA) is 52.5 Å². The molecule has 0 bridgehead atoms. The first-order chi connectivity index (χ1) is 8.11. The van der Waals surface area contributed by atoms with E-state index in [2.05, 4.69) is 33.7 Å². The zero-order chi connectivity index (χ0) is 12.4. The van der Waals surface area contributed by atoms with Crippen molar-refractivity contribution in [3.05, 3.63) is 17.5 Å². The molecule has 1 atom stereocenters. The Balaban J connectivity index is 2.15. The SMILES string of the molecule is Cc1nc(N2CCN(C)C(C)C2)ncc1CO. The Morgan fingerprint density at radius 1 is 1.47 bits per heavy atom. The molecule has 1 aliphatic rings. The van der Waals surface area contributed by atoms with Crippen molar-refractivity contribution in [1.82, 2.24) is 14.9 Å². The molecule has 5 nitrogen and oxygen atoms in total. The van der Waals surface area contributed by atoms with Gasteiger partial charge >= 0.3 is 0 Å². The van der Waals surface area contributed by atoms with Gasteiger partial charge in [-0.15, -0.1) is 0 Å². The molecule has 0 saturated carbocycles. The number of aliphatic hydroxyl groups excluding tert-OH is 1. The molecule has 5 heteroatoms. The Morgan fingerprint density at radius 3 is 2.82 bits per heavy atom. The largest absolute Gasteiger partial charge is 0.392 e. The van der Waals surface area contributed by atoms with E-state index in [0.29, 0.717) is 6.04 Å². The first-order valence-corrected chi connectivity index (χ1v) is 6.00. The Morgan fingerprint density at radius 2 is 2.24 bits per heavy atom. The lowest BCUT2D eigenvalue weighted by atomic mass is 10.2. The van der Waals surface area contributed by atoms with Crippen molar-refractivity contribution in [3.63, 3.8) is 0 Å². The minimum atomic E-state index is 0.00521. The summed E-state index contributed by atoms with van der Waals surface area (Å²) in [5.41, 5.74) is 1.67. The molecule has 0 radical (unpaired) electrons. The van der Waals surface area contributed by atoms with Crippen LogP contribution in [0.15, 0.2) is 6.20 Å². The zero-order valence-corrected chi connectivity index (χ0v) is 10.7. The Bertz CT molecular complexity index is 396. The highest BCUT2D eigenvalue weighted by atomic mass is 16.3. The summed E-state index contributed by atoms with van der Waals surface area (Å²) in [6.45, 7) is 7.07. The molecule has 0 amide bonds. The summed E-state index contributed by atoms with van der Waals surface area (Å²) in [4.78, 5) is 13.3. The number of piperazine rings is 1. The summed E-state index contributed by atoms with van der Waals surface area (Å²) in [7, 11) is 2.14. The minimum Gasteiger partial charge on any atom is -0.392 e. The summed E-state index contributed by atoms with van der Waals surface area (Å²) in [5, 5.41) is 9.10. The predicted molar refractivity (Wildman–Crippen MR) is 67.0 cm³/mol. The Kier molecular flexibility index (Phi) is 3.59. The fourth-order valence-electron chi connectivity index (χ4n) is 2.02. The molecular weight excluding hydrogens is 216 g/mol. The quantitative estimate of drug-likeness (QED) is 0.806. The Hall–Kier alpha value is -1.20. The second-order valence-electron chi connectivity index (χ2n) is 4.71. The number of aliphatic hydroxyl groups is 1. The van der Waals surface area contributed by atoms with Gasteiger partial charge in [0.1, 0.15) is 0 Å². The third-order valence-electron chi connectivity index (χ3n) is 3.48. The summed E-state index contributed by atoms with van der Waals surface area (Å²) in [6, 6.07) is 0.519. The van der Waals surface area contributed by atoms with Gasteiger partial charge in [-0.3, -0.25) is 0 Å². The highest BCUT2D eigenvalue weighted by Gasteiger charge is 2.22. The average Bonchev–Trinajstić information content (AvgIpc) is 2.32. The van der Waals surface area contributed by atoms with Crippen LogP contribution in [0.3, 0.4) is 0 Å². The molecule has 1 N–H and O–H groups in total. The maximum absolute atomic E-state index is 9.10. The van der Waals surface area contributed by atoms with Crippen molar-refractivity contribution in [2.24, 2.45) is 0 Å². The van der Waals surface area contributed by atoms with Gasteiger partial charge in [-0.2, -0.15) is 0 Å². The van der Waals surface area contributed by atoms with E-state index >= 15 is 0 Å². The van der Waals surface area contributed by atoms with Gasteiger partial charge < -0.3 is 14.9 Å². The van der Waals surface area contributed by atoms with Crippen molar-refractivity contribution in [2.45, 2.75) is 26.5 Å². The average molecular weight is 236 g/mol. The standard InChI is InChI=1S/C12H20N4O/c1-9-7-16(5-4-15(9)3)12-13-6-11(8-17)10(2)14-12/h6,9,17H,4-5,7-8H2,1-3H3. The smallest absolute Gasteiger partial charge is 0.225 e. The number of aromatic nitrogens is 2. The van der Waals surface area contributed by atoms with Crippen LogP contribution in [0.25, 0.3) is 0 Å². The third-order valence-corrected chi connectivity index (χ3v) is 3.48. The fourth-order valence-corrected chi connectivity index (χ4v) is 2.02. The predicted octanol–water partition coefficient (Wildman–Crippen LogP) is 0.418. The van der Waals surface area contributed by atoms with Crippen molar-refractivity contribution in [3.8, 4) is 0 Å². The van der Waals surface area contributed by atoms with Crippen LogP contribution >= 0.6 is 0 Å². The number of anilines is 1. The van der Waals surface area contributed by atoms with Gasteiger partial charge in [-0.1, -0.05) is 0 Å². The molecule has 1 saturated heterocycles. The molecule has 1 fully saturated rings. The van der Waals surface area contributed by atoms with Gasteiger partial charge in [0, 0.05) is 43.1 Å². The van der Waals surface area contributed by atoms with Crippen molar-refractivity contribution in [1.29, 1.82) is 0 Å². The number of likely N-dealkylation sites (N-methyl/N-ethyl adjacent to an activating group) is 1. The summed E-state index contributed by atoms with van der Waals surface area (Å²) in [6.07, 6.45) is 1.72. The van der Waals surface area contributed by atoms with Crippen LogP contribution in [0.4, 0.5) is 5.95 Å². The van der Waals surface area contributed by atoms with Gasteiger partial charge in [0.25, 0.3) is 0 Å². The molecule has 1 aromatic heterocycles. The highest BCUT2D eigenvalue weighted by Crippen LogP contribution is 2.15. The van der Waals surface area contributed by atoms with Gasteiger partial charge in [-0.25, -0.2) is 9.97 Å². The molecule has 2 rings (SSSR count). The molecule has 1 unspecified atom stereocenters. The number of hydrogen-bond donors (Lipinski definition) is 1. The van der Waals surface area contributed by atoms with Gasteiger partial charge in [-0.05, 0) is 20.9 Å². The minimum absolute atomic E-state index is 0.00521. The molecular formula is C12H20N4O. The maximum atomic E-state index is 9.10. The zero-order valence-electron chi connectivity index (χ0n) is 10.7. The van der Waals surface area contributed by atoms with E-state index in [-0.39, 0.29) is 6.61 Å². The van der Waals surface area contributed by atoms with Crippen LogP contribution in [-0.2, 0) is 6.61 Å². The van der Waals surface area contributed by atoms with Crippen molar-refractivity contribution >= 4 is 5.95 Å². The van der Waals surface area contributed by atoms with Crippen LogP contribution in [0.5, 0.6) is 0 Å². The number of nitrogens with zero attached hydrogens (tertiary/aromatic N) is 4. The fraction of sp³-hybridized carbons (Fsp3) is 0.667. The molecule has 0 spiro atoms. The van der Waals surface area contributed by atoms with E-state index < -0.39 is 0 Å². The van der Waals surface area contributed by atoms with Gasteiger partial charge in [0.05, 0.1) is 6.61 Å². The first-order valence-electron chi connectivity index (χ1n) is 6.00. The first kappa shape index (κ1) is 12.3. The van der Waals surface area contributed by atoms with Crippen LogP contribution in [0, 0.1) is 6.92 Å². The van der Waals surface area contributed by atoms with Crippen molar-refractivity contribution < 1.29 is 5.11 Å². The lowest BCUT2D eigenvalue weighted by Gasteiger charge is -2.37. The van der Waals surface area contributed by atoms with E-state index in [4.69, 9.17) is 5.11 Å². The second kappa shape index (κ2) is 4.98. The molecule has 0 aliphatic carbocycles. The third kappa shape index (κ3) is 2.56. The number of hydrogen-bond acceptors (Lipinski definition) is 5. The molecule has 17 heavy (non-hydrogen) atoms. The summed E-state index contributed by atoms with van der Waals surface area (Å²) in [5.74, 6) is 0.777. The molecule has 1 aromatic rings. The number of aryl methyl sites for hydroxylation is 1.